The molecule has 0 radical (unpaired) electrons. The highest BCUT2D eigenvalue weighted by Gasteiger charge is 1.99. The molecule has 1 heteroatoms. The van der Waals surface area contributed by atoms with Gasteiger partial charge in [-0.15, -0.1) is 0 Å². The van der Waals surface area contributed by atoms with Gasteiger partial charge in [-0.05, 0) is 25.5 Å². The van der Waals surface area contributed by atoms with Crippen molar-refractivity contribution >= 4 is 0 Å². The number of rotatable bonds is 5. The lowest BCUT2D eigenvalue weighted by Crippen LogP contribution is -2.13. The lowest BCUT2D eigenvalue weighted by atomic mass is 10.3. The Bertz CT molecular complexity index is 234. The van der Waals surface area contributed by atoms with Crippen LogP contribution >= 0.6 is 0 Å². The molecule has 0 saturated carbocycles. The first-order chi connectivity index (χ1) is 6.17. The molecule has 0 aliphatic carbocycles. The predicted molar refractivity (Wildman–Crippen MR) is 60.3 cm³/mol. The maximum atomic E-state index is 3.88. The highest BCUT2D eigenvalue weighted by atomic mass is 15.1. The molecule has 0 aromatic heterocycles. The van der Waals surface area contributed by atoms with E-state index in [4.69, 9.17) is 0 Å². The molecule has 0 aromatic rings. The third kappa shape index (κ3) is 3.79. The summed E-state index contributed by atoms with van der Waals surface area (Å²) in [6, 6.07) is 0. The molecule has 0 atom stereocenters. The van der Waals surface area contributed by atoms with E-state index in [2.05, 4.69) is 38.3 Å². The standard InChI is InChI=1S/C12H19N/c1-6-9-10-12(8-3)13(5)11(4)7-2/h7-10H,2,4,6H2,1,3,5H3/b10-9+,12-8-. The zero-order chi connectivity index (χ0) is 10.3. The molecule has 0 saturated heterocycles. The summed E-state index contributed by atoms with van der Waals surface area (Å²) in [4.78, 5) is 2.01. The first-order valence-corrected chi connectivity index (χ1v) is 4.55. The first kappa shape index (κ1) is 11.8. The summed E-state index contributed by atoms with van der Waals surface area (Å²) in [6.45, 7) is 11.7. The van der Waals surface area contributed by atoms with Crippen LogP contribution in [0, 0.1) is 0 Å². The molecule has 0 fully saturated rings. The van der Waals surface area contributed by atoms with Crippen molar-refractivity contribution in [1.29, 1.82) is 0 Å². The molecule has 0 bridgehead atoms. The largest absolute Gasteiger partial charge is 0.345 e. The van der Waals surface area contributed by atoms with E-state index in [-0.39, 0.29) is 0 Å². The third-order valence-corrected chi connectivity index (χ3v) is 1.87. The average Bonchev–Trinajstić information content (AvgIpc) is 2.17. The van der Waals surface area contributed by atoms with E-state index < -0.39 is 0 Å². The molecule has 0 amide bonds. The topological polar surface area (TPSA) is 3.24 Å². The van der Waals surface area contributed by atoms with Gasteiger partial charge in [0.15, 0.2) is 0 Å². The Morgan fingerprint density at radius 3 is 2.46 bits per heavy atom. The average molecular weight is 177 g/mol. The number of allylic oxidation sites excluding steroid dienone is 4. The minimum Gasteiger partial charge on any atom is -0.345 e. The zero-order valence-electron chi connectivity index (χ0n) is 8.88. The van der Waals surface area contributed by atoms with E-state index in [1.807, 2.05) is 18.9 Å². The van der Waals surface area contributed by atoms with Crippen molar-refractivity contribution < 1.29 is 0 Å². The van der Waals surface area contributed by atoms with Gasteiger partial charge in [0, 0.05) is 18.4 Å². The lowest BCUT2D eigenvalue weighted by molar-refractivity contribution is 0.555. The van der Waals surface area contributed by atoms with Gasteiger partial charge < -0.3 is 4.90 Å². The van der Waals surface area contributed by atoms with Crippen molar-refractivity contribution in [1.82, 2.24) is 4.90 Å². The molecular formula is C12H19N. The molecule has 0 aromatic carbocycles. The summed E-state index contributed by atoms with van der Waals surface area (Å²) in [5.74, 6) is 0. The fourth-order valence-electron chi connectivity index (χ4n) is 0.943. The third-order valence-electron chi connectivity index (χ3n) is 1.87. The van der Waals surface area contributed by atoms with Crippen molar-refractivity contribution in [3.05, 3.63) is 48.9 Å². The van der Waals surface area contributed by atoms with Crippen molar-refractivity contribution in [3.63, 3.8) is 0 Å². The molecular weight excluding hydrogens is 158 g/mol. The van der Waals surface area contributed by atoms with Gasteiger partial charge in [0.1, 0.15) is 0 Å². The van der Waals surface area contributed by atoms with Crippen molar-refractivity contribution in [3.8, 4) is 0 Å². The van der Waals surface area contributed by atoms with Crippen molar-refractivity contribution in [2.75, 3.05) is 7.05 Å². The number of hydrogen-bond acceptors (Lipinski definition) is 1. The Morgan fingerprint density at radius 1 is 1.46 bits per heavy atom. The fourth-order valence-corrected chi connectivity index (χ4v) is 0.943. The number of likely N-dealkylation sites (N-methyl/N-ethyl adjacent to an activating group) is 1. The van der Waals surface area contributed by atoms with Gasteiger partial charge in [-0.1, -0.05) is 32.2 Å². The fraction of sp³-hybridized carbons (Fsp3) is 0.333. The summed E-state index contributed by atoms with van der Waals surface area (Å²) in [5.41, 5.74) is 2.06. The quantitative estimate of drug-likeness (QED) is 0.581. The maximum absolute atomic E-state index is 3.88. The van der Waals surface area contributed by atoms with Crippen LogP contribution in [0.15, 0.2) is 48.9 Å². The second kappa shape index (κ2) is 6.30. The van der Waals surface area contributed by atoms with E-state index in [9.17, 15) is 0 Å². The van der Waals surface area contributed by atoms with Crippen LogP contribution in [0.3, 0.4) is 0 Å². The van der Waals surface area contributed by atoms with E-state index >= 15 is 0 Å². The van der Waals surface area contributed by atoms with Gasteiger partial charge in [-0.2, -0.15) is 0 Å². The van der Waals surface area contributed by atoms with Gasteiger partial charge in [-0.3, -0.25) is 0 Å². The second-order valence-corrected chi connectivity index (χ2v) is 2.78. The number of nitrogens with zero attached hydrogens (tertiary/aromatic N) is 1. The molecule has 1 nitrogen and oxygen atoms in total. The molecule has 0 unspecified atom stereocenters. The van der Waals surface area contributed by atoms with Crippen LogP contribution in [0.2, 0.25) is 0 Å². The van der Waals surface area contributed by atoms with Gasteiger partial charge in [0.05, 0.1) is 0 Å². The van der Waals surface area contributed by atoms with E-state index in [0.29, 0.717) is 0 Å². The molecule has 0 heterocycles. The predicted octanol–water partition coefficient (Wildman–Crippen LogP) is 3.49. The zero-order valence-corrected chi connectivity index (χ0v) is 8.88. The molecule has 0 rings (SSSR count). The molecule has 0 aliphatic heterocycles. The van der Waals surface area contributed by atoms with E-state index in [1.165, 1.54) is 0 Å². The highest BCUT2D eigenvalue weighted by molar-refractivity contribution is 5.24. The summed E-state index contributed by atoms with van der Waals surface area (Å²) < 4.78 is 0. The van der Waals surface area contributed by atoms with Gasteiger partial charge in [-0.25, -0.2) is 0 Å². The Labute approximate surface area is 81.8 Å². The monoisotopic (exact) mass is 177 g/mol. The first-order valence-electron chi connectivity index (χ1n) is 4.55. The van der Waals surface area contributed by atoms with Gasteiger partial charge in [0.25, 0.3) is 0 Å². The van der Waals surface area contributed by atoms with Crippen LogP contribution in [0.4, 0.5) is 0 Å². The lowest BCUT2D eigenvalue weighted by Gasteiger charge is -2.20. The molecule has 0 aliphatic rings. The summed E-state index contributed by atoms with van der Waals surface area (Å²) >= 11 is 0. The Hall–Kier alpha value is -1.24. The van der Waals surface area contributed by atoms with E-state index in [0.717, 1.165) is 17.8 Å². The highest BCUT2D eigenvalue weighted by Crippen LogP contribution is 2.10. The Kier molecular flexibility index (Phi) is 5.69. The maximum Gasteiger partial charge on any atom is 0.0361 e. The molecule has 72 valence electrons. The normalized spacial score (nSPS) is 11.8. The van der Waals surface area contributed by atoms with Crippen LogP contribution in [-0.2, 0) is 0 Å². The van der Waals surface area contributed by atoms with Gasteiger partial charge in [0.2, 0.25) is 0 Å². The summed E-state index contributed by atoms with van der Waals surface area (Å²) in [6.07, 6.45) is 9.08. The Balaban J connectivity index is 4.51. The smallest absolute Gasteiger partial charge is 0.0361 e. The SMILES string of the molecule is C=CC(=C)N(C)C(=C\C)/C=C/CC. The molecule has 0 N–H and O–H groups in total. The minimum absolute atomic E-state index is 0.911. The molecule has 0 spiro atoms. The van der Waals surface area contributed by atoms with Gasteiger partial charge >= 0.3 is 0 Å². The van der Waals surface area contributed by atoms with E-state index in [1.54, 1.807) is 6.08 Å². The minimum atomic E-state index is 0.911. The van der Waals surface area contributed by atoms with Crippen LogP contribution in [-0.4, -0.2) is 11.9 Å². The van der Waals surface area contributed by atoms with Crippen LogP contribution in [0.5, 0.6) is 0 Å². The number of hydrogen-bond donors (Lipinski definition) is 0. The van der Waals surface area contributed by atoms with Crippen LogP contribution < -0.4 is 0 Å². The Morgan fingerprint density at radius 2 is 2.08 bits per heavy atom. The second-order valence-electron chi connectivity index (χ2n) is 2.78. The van der Waals surface area contributed by atoms with Crippen LogP contribution in [0.25, 0.3) is 0 Å². The van der Waals surface area contributed by atoms with Crippen LogP contribution in [0.1, 0.15) is 20.3 Å². The van der Waals surface area contributed by atoms with Crippen molar-refractivity contribution in [2.45, 2.75) is 20.3 Å². The summed E-state index contributed by atoms with van der Waals surface area (Å²) in [7, 11) is 1.99. The summed E-state index contributed by atoms with van der Waals surface area (Å²) in [5, 5.41) is 0. The van der Waals surface area contributed by atoms with Crippen molar-refractivity contribution in [2.24, 2.45) is 0 Å². The molecule has 13 heavy (non-hydrogen) atoms.